The van der Waals surface area contributed by atoms with Gasteiger partial charge in [-0.25, -0.2) is 0 Å². The summed E-state index contributed by atoms with van der Waals surface area (Å²) < 4.78 is 0. The average Bonchev–Trinajstić information content (AvgIpc) is 3.83. The van der Waals surface area contributed by atoms with E-state index in [-0.39, 0.29) is 5.41 Å². The van der Waals surface area contributed by atoms with Crippen molar-refractivity contribution in [3.63, 3.8) is 0 Å². The summed E-state index contributed by atoms with van der Waals surface area (Å²) in [6, 6.07) is 62.8. The molecule has 284 valence electrons. The van der Waals surface area contributed by atoms with Gasteiger partial charge in [-0.05, 0) is 176 Å². The Balaban J connectivity index is 1.11. The summed E-state index contributed by atoms with van der Waals surface area (Å²) in [5.74, 6) is 0. The van der Waals surface area contributed by atoms with Crippen LogP contribution in [-0.4, -0.2) is 0 Å². The van der Waals surface area contributed by atoms with Crippen molar-refractivity contribution in [3.05, 3.63) is 219 Å². The van der Waals surface area contributed by atoms with Crippen LogP contribution in [0.4, 0.5) is 17.1 Å². The molecule has 0 fully saturated rings. The van der Waals surface area contributed by atoms with Crippen LogP contribution in [-0.2, 0) is 23.7 Å². The predicted molar refractivity (Wildman–Crippen MR) is 247 cm³/mol. The molecule has 0 aromatic heterocycles. The number of hydrogen-bond donors (Lipinski definition) is 0. The molecule has 1 heteroatoms. The molecule has 0 unspecified atom stereocenters. The van der Waals surface area contributed by atoms with E-state index in [1.165, 1.54) is 131 Å². The van der Waals surface area contributed by atoms with Crippen LogP contribution in [0.1, 0.15) is 82.3 Å². The second-order valence-electron chi connectivity index (χ2n) is 18.0. The third kappa shape index (κ3) is 4.68. The van der Waals surface area contributed by atoms with Crippen molar-refractivity contribution >= 4 is 17.1 Å². The zero-order chi connectivity index (χ0) is 39.6. The number of hydrogen-bond acceptors (Lipinski definition) is 1. The average molecular weight is 758 g/mol. The second kappa shape index (κ2) is 12.5. The highest BCUT2D eigenvalue weighted by Crippen LogP contribution is 2.63. The first-order valence-corrected chi connectivity index (χ1v) is 21.6. The Morgan fingerprint density at radius 2 is 0.864 bits per heavy atom. The van der Waals surface area contributed by atoms with Crippen molar-refractivity contribution in [2.45, 2.75) is 64.2 Å². The smallest absolute Gasteiger partial charge is 0.0726 e. The molecular weight excluding hydrogens is 711 g/mol. The lowest BCUT2D eigenvalue weighted by Crippen LogP contribution is -2.26. The Morgan fingerprint density at radius 1 is 0.407 bits per heavy atom. The lowest BCUT2D eigenvalue weighted by molar-refractivity contribution is 0.660. The molecule has 0 atom stereocenters. The number of anilines is 3. The summed E-state index contributed by atoms with van der Waals surface area (Å²) >= 11 is 0. The van der Waals surface area contributed by atoms with Crippen LogP contribution in [0.5, 0.6) is 0 Å². The van der Waals surface area contributed by atoms with Gasteiger partial charge in [-0.3, -0.25) is 0 Å². The summed E-state index contributed by atoms with van der Waals surface area (Å²) in [7, 11) is 0. The summed E-state index contributed by atoms with van der Waals surface area (Å²) in [6.07, 6.45) is 4.90. The van der Waals surface area contributed by atoms with Crippen LogP contribution in [0.25, 0.3) is 44.5 Å². The number of fused-ring (bicyclic) bond motifs is 14. The molecule has 0 saturated carbocycles. The minimum absolute atomic E-state index is 0.116. The van der Waals surface area contributed by atoms with Gasteiger partial charge in [0.1, 0.15) is 0 Å². The maximum atomic E-state index is 2.58. The van der Waals surface area contributed by atoms with E-state index in [4.69, 9.17) is 0 Å². The Hall–Kier alpha value is -6.44. The molecule has 4 aliphatic carbocycles. The molecule has 59 heavy (non-hydrogen) atoms. The number of rotatable bonds is 4. The normalized spacial score (nSPS) is 15.5. The summed E-state index contributed by atoms with van der Waals surface area (Å²) in [6.45, 7) is 9.44. The van der Waals surface area contributed by atoms with Crippen LogP contribution in [0.15, 0.2) is 164 Å². The molecule has 1 nitrogen and oxygen atoms in total. The lowest BCUT2D eigenvalue weighted by atomic mass is 9.70. The van der Waals surface area contributed by atoms with E-state index in [0.29, 0.717) is 0 Å². The highest BCUT2D eigenvalue weighted by Gasteiger charge is 2.51. The van der Waals surface area contributed by atoms with Gasteiger partial charge in [0.15, 0.2) is 0 Å². The molecule has 0 bridgehead atoms. The van der Waals surface area contributed by atoms with Crippen LogP contribution in [0.3, 0.4) is 0 Å². The van der Waals surface area contributed by atoms with Gasteiger partial charge in [-0.15, -0.1) is 0 Å². The van der Waals surface area contributed by atoms with Crippen molar-refractivity contribution < 1.29 is 0 Å². The SMILES string of the molecule is Cc1cc(-c2cccc3c2CCCC3)cc(C)c1N(c1ccc2c(c1)C(C)(C)c1ccccc1-2)c1ccc2c(c1)C1(c3ccccc3-c3ccccc31)c1ccccc1-2. The largest absolute Gasteiger partial charge is 0.310 e. The van der Waals surface area contributed by atoms with Gasteiger partial charge in [0, 0.05) is 16.8 Å². The third-order valence-electron chi connectivity index (χ3n) is 14.5. The first kappa shape index (κ1) is 34.6. The predicted octanol–water partition coefficient (Wildman–Crippen LogP) is 15.0. The van der Waals surface area contributed by atoms with E-state index in [1.54, 1.807) is 5.56 Å². The Kier molecular flexibility index (Phi) is 7.35. The van der Waals surface area contributed by atoms with Crippen molar-refractivity contribution in [2.24, 2.45) is 0 Å². The van der Waals surface area contributed by atoms with Gasteiger partial charge in [0.2, 0.25) is 0 Å². The Bertz CT molecular complexity index is 2980. The summed E-state index contributed by atoms with van der Waals surface area (Å²) in [5.41, 5.74) is 27.7. The monoisotopic (exact) mass is 757 g/mol. The molecular formula is C58H47N. The molecule has 1 spiro atoms. The number of nitrogens with zero attached hydrogens (tertiary/aromatic N) is 1. The fourth-order valence-electron chi connectivity index (χ4n) is 12.0. The van der Waals surface area contributed by atoms with Crippen molar-refractivity contribution in [1.29, 1.82) is 0 Å². The standard InChI is InChI=1S/C58H47N/c1-36-32-39(43-23-15-17-38-16-5-6-18-42(38)43)33-37(2)56(36)59(40-28-30-48-44-19-7-11-24-50(44)57(3,4)54(48)34-40)41-29-31-49-47-22-10-14-27-53(47)58(55(49)35-41)51-25-12-8-20-45(51)46-21-9-13-26-52(46)58/h7-15,17,19-35H,5-6,16,18H2,1-4H3. The van der Waals surface area contributed by atoms with E-state index < -0.39 is 5.41 Å². The second-order valence-corrected chi connectivity index (χ2v) is 18.0. The zero-order valence-corrected chi connectivity index (χ0v) is 34.4. The minimum atomic E-state index is -0.414. The molecule has 0 radical (unpaired) electrons. The van der Waals surface area contributed by atoms with Gasteiger partial charge in [-0.2, -0.15) is 0 Å². The first-order valence-electron chi connectivity index (χ1n) is 21.6. The number of aryl methyl sites for hydroxylation is 3. The fourth-order valence-corrected chi connectivity index (χ4v) is 12.0. The Labute approximate surface area is 348 Å². The van der Waals surface area contributed by atoms with E-state index >= 15 is 0 Å². The summed E-state index contributed by atoms with van der Waals surface area (Å²) in [5, 5.41) is 0. The maximum Gasteiger partial charge on any atom is 0.0726 e. The minimum Gasteiger partial charge on any atom is -0.310 e. The Morgan fingerprint density at radius 3 is 1.46 bits per heavy atom. The van der Waals surface area contributed by atoms with E-state index in [1.807, 2.05) is 0 Å². The van der Waals surface area contributed by atoms with Gasteiger partial charge < -0.3 is 4.90 Å². The highest BCUT2D eigenvalue weighted by atomic mass is 15.1. The quantitative estimate of drug-likeness (QED) is 0.173. The lowest BCUT2D eigenvalue weighted by Gasteiger charge is -2.34. The topological polar surface area (TPSA) is 3.24 Å². The molecule has 0 N–H and O–H groups in total. The highest BCUT2D eigenvalue weighted by molar-refractivity contribution is 5.97. The first-order chi connectivity index (χ1) is 28.9. The third-order valence-corrected chi connectivity index (χ3v) is 14.5. The van der Waals surface area contributed by atoms with E-state index in [2.05, 4.69) is 196 Å². The van der Waals surface area contributed by atoms with Crippen molar-refractivity contribution in [1.82, 2.24) is 0 Å². The molecule has 0 heterocycles. The van der Waals surface area contributed by atoms with Crippen LogP contribution in [0.2, 0.25) is 0 Å². The van der Waals surface area contributed by atoms with Crippen LogP contribution < -0.4 is 4.90 Å². The van der Waals surface area contributed by atoms with Crippen molar-refractivity contribution in [3.8, 4) is 44.5 Å². The number of benzene rings is 8. The molecule has 4 aliphatic rings. The van der Waals surface area contributed by atoms with Crippen molar-refractivity contribution in [2.75, 3.05) is 4.90 Å². The van der Waals surface area contributed by atoms with E-state index in [0.717, 1.165) is 6.42 Å². The summed E-state index contributed by atoms with van der Waals surface area (Å²) in [4.78, 5) is 2.58. The molecule has 0 aliphatic heterocycles. The van der Waals surface area contributed by atoms with Gasteiger partial charge >= 0.3 is 0 Å². The maximum absolute atomic E-state index is 2.58. The van der Waals surface area contributed by atoms with Crippen LogP contribution >= 0.6 is 0 Å². The molecule has 8 aromatic rings. The van der Waals surface area contributed by atoms with Gasteiger partial charge in [0.25, 0.3) is 0 Å². The molecule has 8 aromatic carbocycles. The van der Waals surface area contributed by atoms with Gasteiger partial charge in [0.05, 0.1) is 11.1 Å². The molecule has 0 amide bonds. The zero-order valence-electron chi connectivity index (χ0n) is 34.4. The molecule has 0 saturated heterocycles. The molecule has 12 rings (SSSR count). The van der Waals surface area contributed by atoms with E-state index in [9.17, 15) is 0 Å². The fraction of sp³-hybridized carbons (Fsp3) is 0.172. The van der Waals surface area contributed by atoms with Gasteiger partial charge in [-0.1, -0.05) is 141 Å². The van der Waals surface area contributed by atoms with Crippen LogP contribution in [0, 0.1) is 13.8 Å².